The first-order valence-electron chi connectivity index (χ1n) is 4.37. The average Bonchev–Trinajstić information content (AvgIpc) is 2.15. The van der Waals surface area contributed by atoms with Crippen LogP contribution in [0.1, 0.15) is 12.0 Å². The fraction of sp³-hybridized carbons (Fsp3) is 0.364. The van der Waals surface area contributed by atoms with Crippen LogP contribution in [0.5, 0.6) is 0 Å². The second kappa shape index (κ2) is 4.51. The summed E-state index contributed by atoms with van der Waals surface area (Å²) < 4.78 is 0. The minimum atomic E-state index is 0.594. The van der Waals surface area contributed by atoms with Gasteiger partial charge in [-0.05, 0) is 24.1 Å². The summed E-state index contributed by atoms with van der Waals surface area (Å²) in [6.45, 7) is 0. The van der Waals surface area contributed by atoms with E-state index in [0.29, 0.717) is 6.42 Å². The van der Waals surface area contributed by atoms with Crippen molar-refractivity contribution in [1.82, 2.24) is 0 Å². The molecule has 0 aliphatic heterocycles. The molecule has 1 aromatic carbocycles. The summed E-state index contributed by atoms with van der Waals surface area (Å²) >= 11 is 0. The van der Waals surface area contributed by atoms with E-state index in [1.807, 2.05) is 20.2 Å². The topological polar surface area (TPSA) is 27.0 Å². The summed E-state index contributed by atoms with van der Waals surface area (Å²) in [6, 6.07) is 10.4. The molecule has 0 amide bonds. The van der Waals surface area contributed by atoms with Crippen molar-refractivity contribution >= 4 is 5.69 Å². The Morgan fingerprint density at radius 1 is 1.38 bits per heavy atom. The third-order valence-corrected chi connectivity index (χ3v) is 1.95. The first-order chi connectivity index (χ1) is 6.24. The van der Waals surface area contributed by atoms with E-state index in [4.69, 9.17) is 5.26 Å². The normalized spacial score (nSPS) is 9.31. The molecule has 0 fully saturated rings. The Hall–Kier alpha value is -1.49. The zero-order valence-electron chi connectivity index (χ0n) is 8.12. The lowest BCUT2D eigenvalue weighted by atomic mass is 10.1. The van der Waals surface area contributed by atoms with Crippen molar-refractivity contribution in [3.8, 4) is 6.07 Å². The van der Waals surface area contributed by atoms with Crippen molar-refractivity contribution in [3.05, 3.63) is 29.8 Å². The molecule has 1 rings (SSSR count). The third-order valence-electron chi connectivity index (χ3n) is 1.95. The first-order valence-corrected chi connectivity index (χ1v) is 4.37. The third kappa shape index (κ3) is 2.79. The van der Waals surface area contributed by atoms with Crippen LogP contribution < -0.4 is 4.90 Å². The first kappa shape index (κ1) is 9.60. The fourth-order valence-corrected chi connectivity index (χ4v) is 1.19. The van der Waals surface area contributed by atoms with Gasteiger partial charge in [-0.2, -0.15) is 5.26 Å². The molecule has 0 heterocycles. The average molecular weight is 174 g/mol. The molecule has 0 aliphatic carbocycles. The van der Waals surface area contributed by atoms with Crippen molar-refractivity contribution in [2.24, 2.45) is 0 Å². The van der Waals surface area contributed by atoms with E-state index >= 15 is 0 Å². The summed E-state index contributed by atoms with van der Waals surface area (Å²) in [4.78, 5) is 2.07. The zero-order valence-corrected chi connectivity index (χ0v) is 8.12. The van der Waals surface area contributed by atoms with Gasteiger partial charge in [0, 0.05) is 26.2 Å². The van der Waals surface area contributed by atoms with Gasteiger partial charge in [0.2, 0.25) is 0 Å². The van der Waals surface area contributed by atoms with E-state index in [0.717, 1.165) is 6.42 Å². The number of aryl methyl sites for hydroxylation is 1. The monoisotopic (exact) mass is 174 g/mol. The molecule has 1 aromatic rings. The predicted molar refractivity (Wildman–Crippen MR) is 54.7 cm³/mol. The maximum atomic E-state index is 8.45. The Morgan fingerprint density at radius 2 is 2.15 bits per heavy atom. The summed E-state index contributed by atoms with van der Waals surface area (Å²) in [7, 11) is 4.03. The van der Waals surface area contributed by atoms with E-state index in [2.05, 4.69) is 29.2 Å². The lowest BCUT2D eigenvalue weighted by molar-refractivity contribution is 1.01. The number of anilines is 1. The maximum absolute atomic E-state index is 8.45. The molecule has 0 bridgehead atoms. The Morgan fingerprint density at radius 3 is 2.77 bits per heavy atom. The predicted octanol–water partition coefficient (Wildman–Crippen LogP) is 2.21. The summed E-state index contributed by atoms with van der Waals surface area (Å²) in [6.07, 6.45) is 1.44. The highest BCUT2D eigenvalue weighted by molar-refractivity contribution is 5.47. The van der Waals surface area contributed by atoms with Gasteiger partial charge in [-0.15, -0.1) is 0 Å². The van der Waals surface area contributed by atoms with Gasteiger partial charge in [0.25, 0.3) is 0 Å². The largest absolute Gasteiger partial charge is 0.378 e. The lowest BCUT2D eigenvalue weighted by Gasteiger charge is -2.12. The number of rotatable bonds is 3. The smallest absolute Gasteiger partial charge is 0.0625 e. The highest BCUT2D eigenvalue weighted by Crippen LogP contribution is 2.14. The van der Waals surface area contributed by atoms with Crippen LogP contribution in [0.25, 0.3) is 0 Å². The molecule has 2 nitrogen and oxygen atoms in total. The van der Waals surface area contributed by atoms with Gasteiger partial charge in [-0.3, -0.25) is 0 Å². The van der Waals surface area contributed by atoms with Gasteiger partial charge in [0.15, 0.2) is 0 Å². The van der Waals surface area contributed by atoms with Crippen LogP contribution in [0.4, 0.5) is 5.69 Å². The van der Waals surface area contributed by atoms with Gasteiger partial charge in [0.05, 0.1) is 6.07 Å². The van der Waals surface area contributed by atoms with Gasteiger partial charge in [-0.25, -0.2) is 0 Å². The van der Waals surface area contributed by atoms with Crippen LogP contribution in [0.15, 0.2) is 24.3 Å². The summed E-state index contributed by atoms with van der Waals surface area (Å²) in [5.41, 5.74) is 2.42. The summed E-state index contributed by atoms with van der Waals surface area (Å²) in [5, 5.41) is 8.45. The molecular weight excluding hydrogens is 160 g/mol. The second-order valence-corrected chi connectivity index (χ2v) is 3.22. The minimum absolute atomic E-state index is 0.594. The molecular formula is C11H14N2. The SMILES string of the molecule is CN(C)c1cccc(CCC#N)c1. The van der Waals surface area contributed by atoms with E-state index in [1.165, 1.54) is 11.3 Å². The Bertz CT molecular complexity index is 310. The van der Waals surface area contributed by atoms with Gasteiger partial charge in [-0.1, -0.05) is 12.1 Å². The summed E-state index contributed by atoms with van der Waals surface area (Å²) in [5.74, 6) is 0. The number of benzene rings is 1. The maximum Gasteiger partial charge on any atom is 0.0625 e. The van der Waals surface area contributed by atoms with E-state index < -0.39 is 0 Å². The van der Waals surface area contributed by atoms with Gasteiger partial charge in [0.1, 0.15) is 0 Å². The number of nitriles is 1. The van der Waals surface area contributed by atoms with Crippen LogP contribution >= 0.6 is 0 Å². The van der Waals surface area contributed by atoms with Crippen molar-refractivity contribution < 1.29 is 0 Å². The molecule has 0 N–H and O–H groups in total. The van der Waals surface area contributed by atoms with Crippen molar-refractivity contribution in [1.29, 1.82) is 5.26 Å². The quantitative estimate of drug-likeness (QED) is 0.702. The second-order valence-electron chi connectivity index (χ2n) is 3.22. The van der Waals surface area contributed by atoms with Crippen molar-refractivity contribution in [2.75, 3.05) is 19.0 Å². The Kier molecular flexibility index (Phi) is 3.33. The Labute approximate surface area is 79.4 Å². The van der Waals surface area contributed by atoms with Gasteiger partial charge < -0.3 is 4.90 Å². The number of hydrogen-bond acceptors (Lipinski definition) is 2. The molecule has 0 aromatic heterocycles. The van der Waals surface area contributed by atoms with Crippen molar-refractivity contribution in [2.45, 2.75) is 12.8 Å². The van der Waals surface area contributed by atoms with Crippen LogP contribution in [-0.2, 0) is 6.42 Å². The molecule has 0 atom stereocenters. The molecule has 0 aliphatic rings. The van der Waals surface area contributed by atoms with Crippen molar-refractivity contribution in [3.63, 3.8) is 0 Å². The van der Waals surface area contributed by atoms with E-state index in [9.17, 15) is 0 Å². The van der Waals surface area contributed by atoms with E-state index in [1.54, 1.807) is 0 Å². The van der Waals surface area contributed by atoms with E-state index in [-0.39, 0.29) is 0 Å². The molecule has 0 radical (unpaired) electrons. The number of nitrogens with zero attached hydrogens (tertiary/aromatic N) is 2. The highest BCUT2D eigenvalue weighted by atomic mass is 15.1. The lowest BCUT2D eigenvalue weighted by Crippen LogP contribution is -2.08. The van der Waals surface area contributed by atoms with Crippen LogP contribution in [-0.4, -0.2) is 14.1 Å². The van der Waals surface area contributed by atoms with Crippen LogP contribution in [0.2, 0.25) is 0 Å². The molecule has 0 spiro atoms. The Balaban J connectivity index is 2.75. The molecule has 13 heavy (non-hydrogen) atoms. The minimum Gasteiger partial charge on any atom is -0.378 e. The molecule has 2 heteroatoms. The van der Waals surface area contributed by atoms with Crippen LogP contribution in [0, 0.1) is 11.3 Å². The fourth-order valence-electron chi connectivity index (χ4n) is 1.19. The standard InChI is InChI=1S/C11H14N2/c1-13(2)11-7-3-5-10(9-11)6-4-8-12/h3,5,7,9H,4,6H2,1-2H3. The van der Waals surface area contributed by atoms with Gasteiger partial charge >= 0.3 is 0 Å². The van der Waals surface area contributed by atoms with Crippen LogP contribution in [0.3, 0.4) is 0 Å². The molecule has 0 saturated carbocycles. The highest BCUT2D eigenvalue weighted by Gasteiger charge is 1.96. The zero-order chi connectivity index (χ0) is 9.68. The molecule has 0 saturated heterocycles. The molecule has 0 unspecified atom stereocenters. The number of hydrogen-bond donors (Lipinski definition) is 0. The molecule has 68 valence electrons.